The summed E-state index contributed by atoms with van der Waals surface area (Å²) in [6.45, 7) is 1.62. The molecule has 0 spiro atoms. The number of aromatic nitrogens is 1. The molecule has 2 heterocycles. The van der Waals surface area contributed by atoms with Crippen LogP contribution in [0.5, 0.6) is 0 Å². The molecule has 1 aliphatic rings. The number of rotatable bonds is 1. The van der Waals surface area contributed by atoms with Crippen LogP contribution in [0, 0.1) is 0 Å². The minimum atomic E-state index is 0.203. The Bertz CT molecular complexity index is 263. The van der Waals surface area contributed by atoms with Crippen LogP contribution in [-0.4, -0.2) is 31.3 Å². The van der Waals surface area contributed by atoms with Gasteiger partial charge >= 0.3 is 0 Å². The Hall–Kier alpha value is -1.29. The number of methoxy groups -OCH3 is 1. The molecule has 0 aliphatic carbocycles. The first-order valence-electron chi connectivity index (χ1n) is 4.35. The number of nitrogens with zero attached hydrogens (tertiary/aromatic N) is 1. The van der Waals surface area contributed by atoms with Crippen LogP contribution in [0.3, 0.4) is 0 Å². The van der Waals surface area contributed by atoms with Gasteiger partial charge in [-0.05, 0) is 12.1 Å². The molecule has 0 amide bonds. The molecule has 1 aliphatic heterocycles. The number of anilines is 2. The van der Waals surface area contributed by atoms with Gasteiger partial charge in [0.15, 0.2) is 0 Å². The summed E-state index contributed by atoms with van der Waals surface area (Å²) in [5.41, 5.74) is 1.04. The van der Waals surface area contributed by atoms with Gasteiger partial charge in [-0.2, -0.15) is 0 Å². The highest BCUT2D eigenvalue weighted by Crippen LogP contribution is 2.19. The minimum absolute atomic E-state index is 0.203. The average Bonchev–Trinajstić information content (AvgIpc) is 2.39. The fourth-order valence-corrected chi connectivity index (χ4v) is 1.36. The number of nitrogens with one attached hydrogen (secondary N) is 2. The van der Waals surface area contributed by atoms with Crippen molar-refractivity contribution in [2.24, 2.45) is 0 Å². The summed E-state index contributed by atoms with van der Waals surface area (Å²) in [5.74, 6) is 0.905. The highest BCUT2D eigenvalue weighted by atomic mass is 16.5. The van der Waals surface area contributed by atoms with Gasteiger partial charge in [-0.1, -0.05) is 0 Å². The van der Waals surface area contributed by atoms with Crippen LogP contribution in [-0.2, 0) is 4.74 Å². The average molecular weight is 179 g/mol. The number of pyridine rings is 1. The summed E-state index contributed by atoms with van der Waals surface area (Å²) in [4.78, 5) is 4.22. The SMILES string of the molecule is COC1CNc2cccnc2NC1. The highest BCUT2D eigenvalue weighted by molar-refractivity contribution is 5.64. The Morgan fingerprint density at radius 2 is 2.31 bits per heavy atom. The maximum absolute atomic E-state index is 5.25. The van der Waals surface area contributed by atoms with E-state index >= 15 is 0 Å². The smallest absolute Gasteiger partial charge is 0.149 e. The van der Waals surface area contributed by atoms with Gasteiger partial charge in [-0.25, -0.2) is 4.98 Å². The van der Waals surface area contributed by atoms with E-state index in [0.29, 0.717) is 0 Å². The molecule has 2 rings (SSSR count). The summed E-state index contributed by atoms with van der Waals surface area (Å²) in [6, 6.07) is 3.92. The van der Waals surface area contributed by atoms with Crippen molar-refractivity contribution in [3.05, 3.63) is 18.3 Å². The third-order valence-electron chi connectivity index (χ3n) is 2.16. The maximum Gasteiger partial charge on any atom is 0.149 e. The Morgan fingerprint density at radius 3 is 3.15 bits per heavy atom. The van der Waals surface area contributed by atoms with Crippen molar-refractivity contribution in [2.75, 3.05) is 30.8 Å². The predicted octanol–water partition coefficient (Wildman–Crippen LogP) is 0.934. The lowest BCUT2D eigenvalue weighted by atomic mass is 10.3. The molecule has 0 saturated heterocycles. The summed E-state index contributed by atoms with van der Waals surface area (Å²) in [6.07, 6.45) is 1.98. The van der Waals surface area contributed by atoms with Crippen LogP contribution in [0.25, 0.3) is 0 Å². The van der Waals surface area contributed by atoms with Gasteiger partial charge in [0.1, 0.15) is 5.82 Å². The Labute approximate surface area is 77.3 Å². The standard InChI is InChI=1S/C9H13N3O/c1-13-7-5-11-8-3-2-4-10-9(8)12-6-7/h2-4,7,11H,5-6H2,1H3,(H,10,12). The molecule has 4 nitrogen and oxygen atoms in total. The van der Waals surface area contributed by atoms with Gasteiger partial charge in [-0.15, -0.1) is 0 Å². The van der Waals surface area contributed by atoms with Crippen molar-refractivity contribution in [2.45, 2.75) is 6.10 Å². The van der Waals surface area contributed by atoms with E-state index in [1.165, 1.54) is 0 Å². The van der Waals surface area contributed by atoms with Crippen LogP contribution in [0.15, 0.2) is 18.3 Å². The molecule has 1 atom stereocenters. The van der Waals surface area contributed by atoms with Crippen molar-refractivity contribution in [3.63, 3.8) is 0 Å². The predicted molar refractivity (Wildman–Crippen MR) is 52.0 cm³/mol. The molecule has 0 radical (unpaired) electrons. The monoisotopic (exact) mass is 179 g/mol. The topological polar surface area (TPSA) is 46.2 Å². The van der Waals surface area contributed by atoms with Crippen LogP contribution in [0.1, 0.15) is 0 Å². The van der Waals surface area contributed by atoms with E-state index in [0.717, 1.165) is 24.6 Å². The Kier molecular flexibility index (Phi) is 2.31. The molecular formula is C9H13N3O. The van der Waals surface area contributed by atoms with E-state index < -0.39 is 0 Å². The summed E-state index contributed by atoms with van der Waals surface area (Å²) >= 11 is 0. The lowest BCUT2D eigenvalue weighted by molar-refractivity contribution is 0.124. The van der Waals surface area contributed by atoms with Crippen molar-refractivity contribution in [1.29, 1.82) is 0 Å². The molecule has 0 saturated carbocycles. The van der Waals surface area contributed by atoms with E-state index in [1.54, 1.807) is 13.3 Å². The molecular weight excluding hydrogens is 166 g/mol. The molecule has 13 heavy (non-hydrogen) atoms. The molecule has 70 valence electrons. The first-order chi connectivity index (χ1) is 6.40. The van der Waals surface area contributed by atoms with E-state index in [4.69, 9.17) is 4.74 Å². The van der Waals surface area contributed by atoms with Gasteiger partial charge in [0, 0.05) is 26.4 Å². The second-order valence-corrected chi connectivity index (χ2v) is 3.02. The molecule has 0 fully saturated rings. The zero-order valence-corrected chi connectivity index (χ0v) is 7.58. The Balaban J connectivity index is 2.17. The van der Waals surface area contributed by atoms with E-state index in [1.807, 2.05) is 12.1 Å². The molecule has 0 bridgehead atoms. The van der Waals surface area contributed by atoms with Crippen LogP contribution >= 0.6 is 0 Å². The lowest BCUT2D eigenvalue weighted by Crippen LogP contribution is -2.26. The van der Waals surface area contributed by atoms with E-state index in [2.05, 4.69) is 15.6 Å². The summed E-state index contributed by atoms with van der Waals surface area (Å²) in [7, 11) is 1.72. The van der Waals surface area contributed by atoms with E-state index in [-0.39, 0.29) is 6.10 Å². The number of hydrogen-bond donors (Lipinski definition) is 2. The van der Waals surface area contributed by atoms with Crippen molar-refractivity contribution >= 4 is 11.5 Å². The fourth-order valence-electron chi connectivity index (χ4n) is 1.36. The minimum Gasteiger partial charge on any atom is -0.379 e. The zero-order chi connectivity index (χ0) is 9.10. The normalized spacial score (nSPS) is 20.8. The third-order valence-corrected chi connectivity index (χ3v) is 2.16. The number of ether oxygens (including phenoxy) is 1. The van der Waals surface area contributed by atoms with Gasteiger partial charge in [0.25, 0.3) is 0 Å². The van der Waals surface area contributed by atoms with Crippen molar-refractivity contribution < 1.29 is 4.74 Å². The van der Waals surface area contributed by atoms with Gasteiger partial charge in [0.2, 0.25) is 0 Å². The van der Waals surface area contributed by atoms with Crippen molar-refractivity contribution in [3.8, 4) is 0 Å². The van der Waals surface area contributed by atoms with Gasteiger partial charge in [0.05, 0.1) is 11.8 Å². The molecule has 0 aromatic carbocycles. The highest BCUT2D eigenvalue weighted by Gasteiger charge is 2.13. The first kappa shape index (κ1) is 8.31. The van der Waals surface area contributed by atoms with Crippen LogP contribution in [0.4, 0.5) is 11.5 Å². The molecule has 1 aromatic rings. The molecule has 2 N–H and O–H groups in total. The lowest BCUT2D eigenvalue weighted by Gasteiger charge is -2.11. The van der Waals surface area contributed by atoms with Gasteiger partial charge in [-0.3, -0.25) is 0 Å². The second-order valence-electron chi connectivity index (χ2n) is 3.02. The number of hydrogen-bond acceptors (Lipinski definition) is 4. The first-order valence-corrected chi connectivity index (χ1v) is 4.35. The largest absolute Gasteiger partial charge is 0.379 e. The molecule has 1 aromatic heterocycles. The molecule has 1 unspecified atom stereocenters. The van der Waals surface area contributed by atoms with E-state index in [9.17, 15) is 0 Å². The van der Waals surface area contributed by atoms with Gasteiger partial charge < -0.3 is 15.4 Å². The fraction of sp³-hybridized carbons (Fsp3) is 0.444. The summed E-state index contributed by atoms with van der Waals surface area (Å²) in [5, 5.41) is 6.50. The van der Waals surface area contributed by atoms with Crippen LogP contribution < -0.4 is 10.6 Å². The zero-order valence-electron chi connectivity index (χ0n) is 7.58. The summed E-state index contributed by atoms with van der Waals surface area (Å²) < 4.78 is 5.25. The van der Waals surface area contributed by atoms with Crippen LogP contribution in [0.2, 0.25) is 0 Å². The Morgan fingerprint density at radius 1 is 1.46 bits per heavy atom. The quantitative estimate of drug-likeness (QED) is 0.673. The third kappa shape index (κ3) is 1.72. The van der Waals surface area contributed by atoms with Crippen molar-refractivity contribution in [1.82, 2.24) is 4.98 Å². The second kappa shape index (κ2) is 3.62. The molecule has 4 heteroatoms. The maximum atomic E-state index is 5.25. The number of fused-ring (bicyclic) bond motifs is 1.